The maximum Gasteiger partial charge on any atom is 0.243 e. The molecule has 10 heteroatoms. The van der Waals surface area contributed by atoms with Crippen molar-refractivity contribution < 1.29 is 13.2 Å². The zero-order chi connectivity index (χ0) is 29.0. The molecule has 1 amide bonds. The van der Waals surface area contributed by atoms with Gasteiger partial charge >= 0.3 is 0 Å². The molecule has 1 atom stereocenters. The number of carbonyl (C=O) groups excluding carboxylic acids is 1. The largest absolute Gasteiger partial charge is 0.365 e. The monoisotopic (exact) mass is 602 g/mol. The van der Waals surface area contributed by atoms with Crippen LogP contribution in [-0.2, 0) is 14.8 Å². The van der Waals surface area contributed by atoms with Crippen LogP contribution in [0.5, 0.6) is 0 Å². The van der Waals surface area contributed by atoms with Crippen molar-refractivity contribution >= 4 is 44.8 Å². The maximum atomic E-state index is 13.5. The van der Waals surface area contributed by atoms with Crippen LogP contribution < -0.4 is 4.90 Å². The highest BCUT2D eigenvalue weighted by atomic mass is 35.5. The Bertz CT molecular complexity index is 1440. The number of likely N-dealkylation sites (tertiary alicyclic amines) is 1. The molecule has 214 valence electrons. The van der Waals surface area contributed by atoms with Crippen molar-refractivity contribution in [2.24, 2.45) is 0 Å². The average Bonchev–Trinajstić information content (AvgIpc) is 3.46. The first-order valence-electron chi connectivity index (χ1n) is 13.2. The summed E-state index contributed by atoms with van der Waals surface area (Å²) in [7, 11) is 3.16. The molecule has 40 heavy (non-hydrogen) atoms. The molecule has 0 radical (unpaired) electrons. The Hall–Kier alpha value is -2.62. The lowest BCUT2D eigenvalue weighted by atomic mass is 9.99. The first-order chi connectivity index (χ1) is 19.0. The summed E-state index contributed by atoms with van der Waals surface area (Å²) in [4.78, 5) is 19.8. The van der Waals surface area contributed by atoms with Crippen molar-refractivity contribution in [3.05, 3.63) is 82.3 Å². The topological polar surface area (TPSA) is 64.2 Å². The highest BCUT2D eigenvalue weighted by molar-refractivity contribution is 7.89. The van der Waals surface area contributed by atoms with Crippen LogP contribution in [0.4, 0.5) is 5.69 Å². The van der Waals surface area contributed by atoms with E-state index in [2.05, 4.69) is 4.90 Å². The van der Waals surface area contributed by atoms with Crippen molar-refractivity contribution in [3.8, 4) is 11.1 Å². The Kier molecular flexibility index (Phi) is 9.80. The molecule has 0 bridgehead atoms. The van der Waals surface area contributed by atoms with Crippen LogP contribution >= 0.6 is 23.2 Å². The number of benzene rings is 3. The number of hydrogen-bond acceptors (Lipinski definition) is 5. The molecule has 7 nitrogen and oxygen atoms in total. The zero-order valence-corrected chi connectivity index (χ0v) is 25.7. The molecular formula is C30H36Cl2N4O3S. The fourth-order valence-electron chi connectivity index (χ4n) is 4.97. The van der Waals surface area contributed by atoms with Crippen molar-refractivity contribution in [1.82, 2.24) is 14.1 Å². The van der Waals surface area contributed by atoms with Crippen molar-refractivity contribution in [1.29, 1.82) is 0 Å². The van der Waals surface area contributed by atoms with Crippen LogP contribution in [0.1, 0.15) is 24.4 Å². The lowest BCUT2D eigenvalue weighted by Gasteiger charge is -2.33. The molecule has 1 heterocycles. The van der Waals surface area contributed by atoms with E-state index in [1.165, 1.54) is 18.4 Å². The first kappa shape index (κ1) is 30.3. The van der Waals surface area contributed by atoms with Crippen molar-refractivity contribution in [3.63, 3.8) is 0 Å². The molecule has 0 aromatic heterocycles. The lowest BCUT2D eigenvalue weighted by molar-refractivity contribution is -0.131. The van der Waals surface area contributed by atoms with E-state index in [0.717, 1.165) is 49.3 Å². The van der Waals surface area contributed by atoms with Gasteiger partial charge in [0, 0.05) is 46.0 Å². The predicted molar refractivity (Wildman–Crippen MR) is 164 cm³/mol. The summed E-state index contributed by atoms with van der Waals surface area (Å²) in [6.45, 7) is 2.92. The van der Waals surface area contributed by atoms with Crippen LogP contribution in [0.15, 0.2) is 71.6 Å². The van der Waals surface area contributed by atoms with Gasteiger partial charge in [0.2, 0.25) is 15.9 Å². The number of anilines is 1. The van der Waals surface area contributed by atoms with E-state index < -0.39 is 10.0 Å². The first-order valence-corrected chi connectivity index (χ1v) is 15.4. The molecule has 3 aromatic carbocycles. The smallest absolute Gasteiger partial charge is 0.243 e. The van der Waals surface area contributed by atoms with E-state index in [1.807, 2.05) is 66.4 Å². The summed E-state index contributed by atoms with van der Waals surface area (Å²) < 4.78 is 27.1. The van der Waals surface area contributed by atoms with Crippen LogP contribution in [0.3, 0.4) is 0 Å². The summed E-state index contributed by atoms with van der Waals surface area (Å²) in [5, 5.41) is 0.914. The van der Waals surface area contributed by atoms with Gasteiger partial charge in [-0.1, -0.05) is 65.7 Å². The Morgan fingerprint density at radius 3 is 2.17 bits per heavy atom. The van der Waals surface area contributed by atoms with Gasteiger partial charge in [0.1, 0.15) is 0 Å². The highest BCUT2D eigenvalue weighted by Crippen LogP contribution is 2.32. The van der Waals surface area contributed by atoms with E-state index in [1.54, 1.807) is 24.3 Å². The third-order valence-electron chi connectivity index (χ3n) is 7.46. The minimum absolute atomic E-state index is 0.0238. The van der Waals surface area contributed by atoms with Gasteiger partial charge in [-0.3, -0.25) is 4.79 Å². The minimum atomic E-state index is -3.61. The molecule has 1 aliphatic heterocycles. The van der Waals surface area contributed by atoms with E-state index >= 15 is 0 Å². The summed E-state index contributed by atoms with van der Waals surface area (Å²) in [6.07, 6.45) is 2.31. The summed E-state index contributed by atoms with van der Waals surface area (Å²) >= 11 is 12.3. The number of amides is 1. The summed E-state index contributed by atoms with van der Waals surface area (Å²) in [5.41, 5.74) is 3.25. The second kappa shape index (κ2) is 12.9. The molecule has 0 aliphatic carbocycles. The molecule has 0 N–H and O–H groups in total. The van der Waals surface area contributed by atoms with Crippen molar-refractivity contribution in [2.75, 3.05) is 59.3 Å². The van der Waals surface area contributed by atoms with Crippen LogP contribution in [0.25, 0.3) is 11.1 Å². The third kappa shape index (κ3) is 6.81. The highest BCUT2D eigenvalue weighted by Gasteiger charge is 2.27. The SMILES string of the molecule is CN(CC(=O)N(C)C(CN1CCCC1)c1ccc(-c2ccccc2S(=O)(=O)N(C)C)cc1)c1ccc(Cl)c(Cl)c1. The van der Waals surface area contributed by atoms with Crippen LogP contribution in [-0.4, -0.2) is 82.8 Å². The van der Waals surface area contributed by atoms with E-state index in [9.17, 15) is 13.2 Å². The molecule has 4 rings (SSSR count). The summed E-state index contributed by atoms with van der Waals surface area (Å²) in [6, 6.07) is 20.1. The van der Waals surface area contributed by atoms with Gasteiger partial charge in [-0.15, -0.1) is 0 Å². The van der Waals surface area contributed by atoms with Gasteiger partial charge in [-0.2, -0.15) is 0 Å². The van der Waals surface area contributed by atoms with Gasteiger partial charge in [0.05, 0.1) is 27.5 Å². The molecule has 0 saturated carbocycles. The second-order valence-electron chi connectivity index (χ2n) is 10.4. The summed E-state index contributed by atoms with van der Waals surface area (Å²) in [5.74, 6) is -0.0238. The van der Waals surface area contributed by atoms with Crippen LogP contribution in [0.2, 0.25) is 10.0 Å². The third-order valence-corrected chi connectivity index (χ3v) is 10.1. The van der Waals surface area contributed by atoms with E-state index in [4.69, 9.17) is 23.2 Å². The number of hydrogen-bond donors (Lipinski definition) is 0. The number of halogens is 2. The Balaban J connectivity index is 1.59. The normalized spacial score (nSPS) is 14.9. The van der Waals surface area contributed by atoms with Gasteiger partial charge in [0.25, 0.3) is 0 Å². The molecule has 1 saturated heterocycles. The number of likely N-dealkylation sites (N-methyl/N-ethyl adjacent to an activating group) is 2. The maximum absolute atomic E-state index is 13.5. The van der Waals surface area contributed by atoms with Gasteiger partial charge in [-0.25, -0.2) is 12.7 Å². The number of nitrogens with zero attached hydrogens (tertiary/aromatic N) is 4. The van der Waals surface area contributed by atoms with Crippen molar-refractivity contribution in [2.45, 2.75) is 23.8 Å². The fraction of sp³-hybridized carbons (Fsp3) is 0.367. The number of sulfonamides is 1. The minimum Gasteiger partial charge on any atom is -0.365 e. The molecule has 1 fully saturated rings. The standard InChI is InChI=1S/C30H36Cl2N4O3S/c1-33(2)40(38,39)29-10-6-5-9-25(29)22-11-13-23(14-12-22)28(20-36-17-7-8-18-36)35(4)30(37)21-34(3)24-15-16-26(31)27(32)19-24/h5-6,9-16,19,28H,7-8,17-18,20-21H2,1-4H3. The molecule has 1 aliphatic rings. The lowest BCUT2D eigenvalue weighted by Crippen LogP contribution is -2.42. The zero-order valence-electron chi connectivity index (χ0n) is 23.3. The quantitative estimate of drug-likeness (QED) is 0.300. The number of carbonyl (C=O) groups is 1. The Morgan fingerprint density at radius 2 is 1.55 bits per heavy atom. The van der Waals surface area contributed by atoms with E-state index in [0.29, 0.717) is 15.6 Å². The molecular weight excluding hydrogens is 567 g/mol. The fourth-order valence-corrected chi connectivity index (χ4v) is 6.37. The molecule has 3 aromatic rings. The van der Waals surface area contributed by atoms with Gasteiger partial charge in [0.15, 0.2) is 0 Å². The molecule has 1 unspecified atom stereocenters. The Labute approximate surface area is 247 Å². The van der Waals surface area contributed by atoms with E-state index in [-0.39, 0.29) is 23.4 Å². The Morgan fingerprint density at radius 1 is 0.900 bits per heavy atom. The predicted octanol–water partition coefficient (Wildman–Crippen LogP) is 5.64. The average molecular weight is 604 g/mol. The number of rotatable bonds is 10. The van der Waals surface area contributed by atoms with Gasteiger partial charge < -0.3 is 14.7 Å². The van der Waals surface area contributed by atoms with Crippen LogP contribution in [0, 0.1) is 0 Å². The van der Waals surface area contributed by atoms with Gasteiger partial charge in [-0.05, 0) is 61.3 Å². The second-order valence-corrected chi connectivity index (χ2v) is 13.3. The molecule has 0 spiro atoms.